The van der Waals surface area contributed by atoms with Crippen molar-refractivity contribution >= 4 is 119 Å². The molecule has 0 N–H and O–H groups in total. The third kappa shape index (κ3) is 4.22. The average molecular weight is 743 g/mol. The van der Waals surface area contributed by atoms with Crippen LogP contribution in [0.4, 0.5) is 5.69 Å². The quantitative estimate of drug-likeness (QED) is 0.149. The van der Waals surface area contributed by atoms with Crippen molar-refractivity contribution in [2.24, 2.45) is 4.99 Å². The van der Waals surface area contributed by atoms with E-state index in [2.05, 4.69) is 187 Å². The minimum absolute atomic E-state index is 0.0353. The highest BCUT2D eigenvalue weighted by Gasteiger charge is 2.37. The number of nitrogens with zero attached hydrogens (tertiary/aromatic N) is 2. The third-order valence-electron chi connectivity index (χ3n) is 12.9. The molecule has 2 aromatic heterocycles. The van der Waals surface area contributed by atoms with E-state index in [1.807, 2.05) is 11.3 Å². The molecule has 2 nitrogen and oxygen atoms in total. The van der Waals surface area contributed by atoms with Crippen LogP contribution in [0.5, 0.6) is 0 Å². The molecular weight excluding hydrogens is 709 g/mol. The lowest BCUT2D eigenvalue weighted by Gasteiger charge is -2.34. The molecule has 12 aromatic rings. The number of aliphatic imine (C=N–C) groups is 1. The lowest BCUT2D eigenvalue weighted by molar-refractivity contribution is 0.690. The Kier molecular flexibility index (Phi) is 6.40. The molecule has 1 aliphatic heterocycles. The molecule has 13 rings (SSSR count). The molecule has 2 atom stereocenters. The standard InChI is InChI=1S/C54H34N2S/c1-31-48-34-15-4-2-13-32(34)26-29-44(48)55-54(49(31)42-22-12-24-47-50(42)41-21-10-11-23-46(41)57-47)56-45-30-28-40-38-19-7-6-17-36(38)37-18-8-9-20-39(37)51(40)52(45)43-27-25-33-14-3-5-16-35(33)53(43)56/h2-31,49H,1H3. The van der Waals surface area contributed by atoms with E-state index in [1.54, 1.807) is 0 Å². The van der Waals surface area contributed by atoms with Crippen LogP contribution in [0.2, 0.25) is 0 Å². The van der Waals surface area contributed by atoms with Crippen LogP contribution in [0.3, 0.4) is 0 Å². The number of benzene rings is 10. The average Bonchev–Trinajstić information content (AvgIpc) is 3.82. The highest BCUT2D eigenvalue weighted by atomic mass is 32.1. The molecule has 0 saturated heterocycles. The Morgan fingerprint density at radius 2 is 1.02 bits per heavy atom. The molecule has 0 radical (unpaired) electrons. The molecule has 266 valence electrons. The van der Waals surface area contributed by atoms with E-state index in [1.165, 1.54) is 107 Å². The van der Waals surface area contributed by atoms with Crippen LogP contribution in [0.1, 0.15) is 29.9 Å². The van der Waals surface area contributed by atoms with Gasteiger partial charge in [-0.15, -0.1) is 11.3 Å². The van der Waals surface area contributed by atoms with Crippen LogP contribution in [0.25, 0.3) is 95.8 Å². The van der Waals surface area contributed by atoms with Crippen molar-refractivity contribution in [3.8, 4) is 0 Å². The van der Waals surface area contributed by atoms with Gasteiger partial charge in [0.15, 0.2) is 0 Å². The Morgan fingerprint density at radius 3 is 1.81 bits per heavy atom. The van der Waals surface area contributed by atoms with Gasteiger partial charge in [0.25, 0.3) is 0 Å². The van der Waals surface area contributed by atoms with Gasteiger partial charge in [0.05, 0.1) is 16.7 Å². The molecule has 1 aliphatic rings. The van der Waals surface area contributed by atoms with Gasteiger partial charge in [-0.05, 0) is 84.4 Å². The van der Waals surface area contributed by atoms with E-state index >= 15 is 0 Å². The molecule has 0 fully saturated rings. The van der Waals surface area contributed by atoms with Crippen molar-refractivity contribution in [2.75, 3.05) is 0 Å². The minimum atomic E-state index is -0.0353. The van der Waals surface area contributed by atoms with Gasteiger partial charge in [-0.25, -0.2) is 4.99 Å². The topological polar surface area (TPSA) is 17.3 Å². The van der Waals surface area contributed by atoms with E-state index in [0.29, 0.717) is 0 Å². The fourth-order valence-corrected chi connectivity index (χ4v) is 11.7. The summed E-state index contributed by atoms with van der Waals surface area (Å²) < 4.78 is 5.21. The summed E-state index contributed by atoms with van der Waals surface area (Å²) in [5.74, 6) is 1.18. The number of fused-ring (bicyclic) bond motifs is 18. The first kappa shape index (κ1) is 31.4. The summed E-state index contributed by atoms with van der Waals surface area (Å²) in [7, 11) is 0. The van der Waals surface area contributed by atoms with E-state index in [4.69, 9.17) is 4.99 Å². The molecule has 0 aliphatic carbocycles. The van der Waals surface area contributed by atoms with Gasteiger partial charge in [0, 0.05) is 47.6 Å². The molecule has 0 spiro atoms. The lowest BCUT2D eigenvalue weighted by Crippen LogP contribution is -2.28. The number of rotatable bonds is 1. The Labute approximate surface area is 332 Å². The molecular formula is C54H34N2S. The van der Waals surface area contributed by atoms with Crippen LogP contribution >= 0.6 is 11.3 Å². The predicted octanol–water partition coefficient (Wildman–Crippen LogP) is 15.4. The van der Waals surface area contributed by atoms with Gasteiger partial charge < -0.3 is 0 Å². The lowest BCUT2D eigenvalue weighted by atomic mass is 9.76. The molecule has 10 aromatic carbocycles. The van der Waals surface area contributed by atoms with Crippen molar-refractivity contribution in [3.05, 3.63) is 187 Å². The van der Waals surface area contributed by atoms with E-state index in [0.717, 1.165) is 11.5 Å². The number of aromatic nitrogens is 1. The molecule has 3 heterocycles. The van der Waals surface area contributed by atoms with E-state index in [9.17, 15) is 0 Å². The number of hydrogen-bond acceptors (Lipinski definition) is 2. The summed E-state index contributed by atoms with van der Waals surface area (Å²) in [5, 5.41) is 18.0. The van der Waals surface area contributed by atoms with Crippen LogP contribution in [0, 0.1) is 0 Å². The molecule has 0 bridgehead atoms. The second-order valence-electron chi connectivity index (χ2n) is 15.8. The van der Waals surface area contributed by atoms with Crippen molar-refractivity contribution in [1.82, 2.24) is 4.57 Å². The van der Waals surface area contributed by atoms with Crippen molar-refractivity contribution in [2.45, 2.75) is 18.8 Å². The zero-order valence-electron chi connectivity index (χ0n) is 31.2. The maximum Gasteiger partial charge on any atom is 0.122 e. The molecule has 57 heavy (non-hydrogen) atoms. The fraction of sp³-hybridized carbons (Fsp3) is 0.0556. The monoisotopic (exact) mass is 742 g/mol. The van der Waals surface area contributed by atoms with E-state index < -0.39 is 0 Å². The Hall–Kier alpha value is -6.81. The molecule has 2 unspecified atom stereocenters. The Bertz CT molecular complexity index is 3700. The van der Waals surface area contributed by atoms with Crippen LogP contribution < -0.4 is 0 Å². The van der Waals surface area contributed by atoms with Crippen molar-refractivity contribution in [3.63, 3.8) is 0 Å². The Morgan fingerprint density at radius 1 is 0.439 bits per heavy atom. The molecule has 0 amide bonds. The largest absolute Gasteiger partial charge is 0.296 e. The maximum atomic E-state index is 5.90. The summed E-state index contributed by atoms with van der Waals surface area (Å²) in [6.07, 6.45) is 0. The number of hydrogen-bond donors (Lipinski definition) is 0. The SMILES string of the molecule is CC1c2c(ccc3ccccc23)N=C(n2c3ccc4c5ccccc5c5ccccc5c4c3c3ccc4ccccc4c32)C1c1cccc2sc3ccccc3c12. The molecule has 3 heteroatoms. The van der Waals surface area contributed by atoms with Gasteiger partial charge in [0.2, 0.25) is 0 Å². The first-order valence-electron chi connectivity index (χ1n) is 19.9. The van der Waals surface area contributed by atoms with E-state index in [-0.39, 0.29) is 11.8 Å². The summed E-state index contributed by atoms with van der Waals surface area (Å²) in [6, 6.07) is 65.5. The molecule has 0 saturated carbocycles. The first-order valence-corrected chi connectivity index (χ1v) is 20.7. The smallest absolute Gasteiger partial charge is 0.122 e. The van der Waals surface area contributed by atoms with Crippen LogP contribution in [-0.2, 0) is 0 Å². The highest BCUT2D eigenvalue weighted by molar-refractivity contribution is 7.25. The summed E-state index contributed by atoms with van der Waals surface area (Å²) in [6.45, 7) is 2.44. The number of thiophene rings is 1. The van der Waals surface area contributed by atoms with Crippen molar-refractivity contribution < 1.29 is 0 Å². The fourth-order valence-electron chi connectivity index (χ4n) is 10.6. The van der Waals surface area contributed by atoms with Crippen LogP contribution in [-0.4, -0.2) is 10.4 Å². The van der Waals surface area contributed by atoms with Gasteiger partial charge in [-0.1, -0.05) is 159 Å². The van der Waals surface area contributed by atoms with Gasteiger partial charge in [-0.2, -0.15) is 0 Å². The summed E-state index contributed by atoms with van der Waals surface area (Å²) in [5.41, 5.74) is 6.13. The zero-order valence-corrected chi connectivity index (χ0v) is 32.0. The third-order valence-corrected chi connectivity index (χ3v) is 14.1. The van der Waals surface area contributed by atoms with Gasteiger partial charge >= 0.3 is 0 Å². The first-order chi connectivity index (χ1) is 28.2. The summed E-state index contributed by atoms with van der Waals surface area (Å²) in [4.78, 5) is 5.90. The van der Waals surface area contributed by atoms with Crippen LogP contribution in [0.15, 0.2) is 181 Å². The summed E-state index contributed by atoms with van der Waals surface area (Å²) >= 11 is 1.89. The predicted molar refractivity (Wildman–Crippen MR) is 246 cm³/mol. The minimum Gasteiger partial charge on any atom is -0.296 e. The van der Waals surface area contributed by atoms with Gasteiger partial charge in [-0.3, -0.25) is 4.57 Å². The maximum absolute atomic E-state index is 5.90. The van der Waals surface area contributed by atoms with Gasteiger partial charge in [0.1, 0.15) is 5.84 Å². The second kappa shape index (κ2) is 11.6. The zero-order chi connectivity index (χ0) is 37.4. The van der Waals surface area contributed by atoms with Crippen molar-refractivity contribution in [1.29, 1.82) is 0 Å². The second-order valence-corrected chi connectivity index (χ2v) is 16.8. The highest BCUT2D eigenvalue weighted by Crippen LogP contribution is 2.52. The normalized spacial score (nSPS) is 15.9. The Balaban J connectivity index is 1.25.